The van der Waals surface area contributed by atoms with Crippen molar-refractivity contribution in [2.75, 3.05) is 6.54 Å². The summed E-state index contributed by atoms with van der Waals surface area (Å²) in [5, 5.41) is 13.2. The lowest BCUT2D eigenvalue weighted by molar-refractivity contribution is 0.0991. The maximum absolute atomic E-state index is 12.1. The van der Waals surface area contributed by atoms with Crippen LogP contribution < -0.4 is 5.56 Å². The minimum atomic E-state index is -0.601. The number of nitrogens with zero attached hydrogens (tertiary/aromatic N) is 3. The Bertz CT molecular complexity index is 867. The predicted octanol–water partition coefficient (Wildman–Crippen LogP) is 1.70. The van der Waals surface area contributed by atoms with Crippen LogP contribution in [0.5, 0.6) is 0 Å². The lowest BCUT2D eigenvalue weighted by Crippen LogP contribution is -2.31. The molecular weight excluding hydrogens is 308 g/mol. The van der Waals surface area contributed by atoms with E-state index >= 15 is 0 Å². The highest BCUT2D eigenvalue weighted by Gasteiger charge is 2.28. The van der Waals surface area contributed by atoms with Crippen LogP contribution in [0.3, 0.4) is 0 Å². The van der Waals surface area contributed by atoms with Crippen LogP contribution in [-0.2, 0) is 6.54 Å². The molecule has 4 heterocycles. The molecule has 1 saturated heterocycles. The third-order valence-electron chi connectivity index (χ3n) is 4.66. The van der Waals surface area contributed by atoms with Crippen LogP contribution in [0.4, 0.5) is 0 Å². The second-order valence-corrected chi connectivity index (χ2v) is 6.28. The van der Waals surface area contributed by atoms with Gasteiger partial charge in [-0.05, 0) is 37.9 Å². The molecule has 7 heteroatoms. The van der Waals surface area contributed by atoms with Gasteiger partial charge in [0.2, 0.25) is 0 Å². The number of fused-ring (bicyclic) bond motifs is 1. The van der Waals surface area contributed by atoms with Gasteiger partial charge in [0.15, 0.2) is 5.65 Å². The van der Waals surface area contributed by atoms with E-state index in [1.807, 2.05) is 0 Å². The largest absolute Gasteiger partial charge is 0.467 e. The summed E-state index contributed by atoms with van der Waals surface area (Å²) in [7, 11) is 0. The number of hydrogen-bond donors (Lipinski definition) is 2. The molecule has 2 N–H and O–H groups in total. The van der Waals surface area contributed by atoms with Crippen LogP contribution in [-0.4, -0.2) is 37.2 Å². The zero-order valence-corrected chi connectivity index (χ0v) is 13.3. The average molecular weight is 328 g/mol. The van der Waals surface area contributed by atoms with Crippen molar-refractivity contribution in [1.29, 1.82) is 0 Å². The monoisotopic (exact) mass is 328 g/mol. The summed E-state index contributed by atoms with van der Waals surface area (Å²) in [4.78, 5) is 18.9. The van der Waals surface area contributed by atoms with Gasteiger partial charge in [-0.3, -0.25) is 14.8 Å². The zero-order valence-electron chi connectivity index (χ0n) is 13.3. The molecule has 0 aliphatic carbocycles. The summed E-state index contributed by atoms with van der Waals surface area (Å²) >= 11 is 0. The van der Waals surface area contributed by atoms with Gasteiger partial charge in [0.1, 0.15) is 11.9 Å². The second kappa shape index (κ2) is 6.26. The molecule has 3 aromatic heterocycles. The van der Waals surface area contributed by atoms with Gasteiger partial charge in [-0.15, -0.1) is 0 Å². The summed E-state index contributed by atoms with van der Waals surface area (Å²) in [5.41, 5.74) is 1.29. The number of aliphatic hydroxyl groups excluding tert-OH is 1. The molecule has 0 bridgehead atoms. The molecule has 0 radical (unpaired) electrons. The minimum Gasteiger partial charge on any atom is -0.467 e. The third kappa shape index (κ3) is 2.88. The summed E-state index contributed by atoms with van der Waals surface area (Å²) in [6.07, 6.45) is 5.42. The fourth-order valence-corrected chi connectivity index (χ4v) is 3.49. The van der Waals surface area contributed by atoms with E-state index in [0.717, 1.165) is 25.1 Å². The van der Waals surface area contributed by atoms with E-state index in [1.165, 1.54) is 4.52 Å². The summed E-state index contributed by atoms with van der Waals surface area (Å²) in [6.45, 7) is 1.57. The van der Waals surface area contributed by atoms with Crippen LogP contribution in [0.1, 0.15) is 36.8 Å². The van der Waals surface area contributed by atoms with E-state index < -0.39 is 6.10 Å². The Morgan fingerprint density at radius 1 is 1.46 bits per heavy atom. The quantitative estimate of drug-likeness (QED) is 0.744. The maximum atomic E-state index is 12.1. The number of rotatable bonds is 5. The maximum Gasteiger partial charge on any atom is 0.272 e. The Kier molecular flexibility index (Phi) is 3.95. The van der Waals surface area contributed by atoms with Crippen LogP contribution in [0.25, 0.3) is 5.65 Å². The van der Waals surface area contributed by atoms with Gasteiger partial charge in [0, 0.05) is 30.9 Å². The van der Waals surface area contributed by atoms with Crippen molar-refractivity contribution < 1.29 is 9.52 Å². The van der Waals surface area contributed by atoms with Gasteiger partial charge in [-0.25, -0.2) is 9.50 Å². The van der Waals surface area contributed by atoms with Crippen molar-refractivity contribution in [3.63, 3.8) is 0 Å². The second-order valence-electron chi connectivity index (χ2n) is 6.28. The number of H-pyrrole nitrogens is 1. The van der Waals surface area contributed by atoms with Crippen molar-refractivity contribution >= 4 is 5.65 Å². The highest BCUT2D eigenvalue weighted by Crippen LogP contribution is 2.28. The molecule has 1 aliphatic rings. The van der Waals surface area contributed by atoms with Crippen LogP contribution in [0, 0.1) is 0 Å². The van der Waals surface area contributed by atoms with Crippen LogP contribution in [0.2, 0.25) is 0 Å². The number of hydrogen-bond acceptors (Lipinski definition) is 5. The molecule has 0 aromatic carbocycles. The predicted molar refractivity (Wildman–Crippen MR) is 87.5 cm³/mol. The Morgan fingerprint density at radius 3 is 3.21 bits per heavy atom. The first-order chi connectivity index (χ1) is 11.7. The van der Waals surface area contributed by atoms with Gasteiger partial charge in [-0.1, -0.05) is 0 Å². The number of aromatic amines is 1. The Morgan fingerprint density at radius 2 is 2.38 bits per heavy atom. The average Bonchev–Trinajstić information content (AvgIpc) is 3.28. The number of furan rings is 1. The molecule has 0 spiro atoms. The normalized spacial score (nSPS) is 20.0. The molecule has 4 rings (SSSR count). The number of nitrogens with one attached hydrogen (secondary N) is 1. The Hall–Kier alpha value is -2.38. The van der Waals surface area contributed by atoms with E-state index in [9.17, 15) is 9.90 Å². The van der Waals surface area contributed by atoms with E-state index in [4.69, 9.17) is 4.42 Å². The van der Waals surface area contributed by atoms with Gasteiger partial charge in [-0.2, -0.15) is 0 Å². The fraction of sp³-hybridized carbons (Fsp3) is 0.412. The van der Waals surface area contributed by atoms with Crippen molar-refractivity contribution in [1.82, 2.24) is 19.5 Å². The Labute approximate surface area is 138 Å². The van der Waals surface area contributed by atoms with Crippen LogP contribution >= 0.6 is 0 Å². The molecule has 2 unspecified atom stereocenters. The lowest BCUT2D eigenvalue weighted by Gasteiger charge is -2.25. The number of likely N-dealkylation sites (tertiary alicyclic amines) is 1. The van der Waals surface area contributed by atoms with Gasteiger partial charge < -0.3 is 9.52 Å². The fourth-order valence-electron chi connectivity index (χ4n) is 3.49. The topological polar surface area (TPSA) is 86.8 Å². The molecule has 1 aliphatic heterocycles. The van der Waals surface area contributed by atoms with E-state index in [0.29, 0.717) is 24.4 Å². The molecule has 1 fully saturated rings. The molecule has 0 amide bonds. The molecule has 0 saturated carbocycles. The van der Waals surface area contributed by atoms with Gasteiger partial charge in [0.25, 0.3) is 5.56 Å². The molecule has 24 heavy (non-hydrogen) atoms. The van der Waals surface area contributed by atoms with Crippen LogP contribution in [0.15, 0.2) is 45.9 Å². The Balaban J connectivity index is 1.49. The van der Waals surface area contributed by atoms with Crippen molar-refractivity contribution in [2.45, 2.75) is 38.0 Å². The molecule has 126 valence electrons. The first-order valence-electron chi connectivity index (χ1n) is 8.22. The first-order valence-corrected chi connectivity index (χ1v) is 8.22. The number of aromatic nitrogens is 3. The van der Waals surface area contributed by atoms with E-state index in [1.54, 1.807) is 36.7 Å². The molecule has 3 aromatic rings. The summed E-state index contributed by atoms with van der Waals surface area (Å²) < 4.78 is 6.71. The molecule has 7 nitrogen and oxygen atoms in total. The van der Waals surface area contributed by atoms with Gasteiger partial charge in [0.05, 0.1) is 12.0 Å². The van der Waals surface area contributed by atoms with Crippen molar-refractivity contribution in [3.8, 4) is 0 Å². The zero-order chi connectivity index (χ0) is 16.5. The molecular formula is C17H20N4O3. The van der Waals surface area contributed by atoms with E-state index in [2.05, 4.69) is 15.0 Å². The minimum absolute atomic E-state index is 0.105. The lowest BCUT2D eigenvalue weighted by atomic mass is 10.1. The highest BCUT2D eigenvalue weighted by molar-refractivity contribution is 5.36. The van der Waals surface area contributed by atoms with E-state index in [-0.39, 0.29) is 11.6 Å². The summed E-state index contributed by atoms with van der Waals surface area (Å²) in [6, 6.07) is 7.20. The highest BCUT2D eigenvalue weighted by atomic mass is 16.4. The summed E-state index contributed by atoms with van der Waals surface area (Å²) in [5.74, 6) is 0.604. The smallest absolute Gasteiger partial charge is 0.272 e. The van der Waals surface area contributed by atoms with Crippen molar-refractivity contribution in [3.05, 3.63) is 58.5 Å². The first kappa shape index (κ1) is 15.2. The standard InChI is InChI=1S/C17H20N4O3/c22-14(15-4-2-8-24-15)10-13-3-1-7-20(13)11-12-9-17(23)21-16(19-12)5-6-18-21/h2,4-6,8-9,13-14,18,22H,1,3,7,10-11H2. The molecule has 2 atom stereocenters. The third-order valence-corrected chi connectivity index (χ3v) is 4.66. The SMILES string of the molecule is O=c1cc(CN2CCCC2CC(O)c2ccco2)nc2cc[nH]n12. The van der Waals surface area contributed by atoms with Gasteiger partial charge >= 0.3 is 0 Å². The van der Waals surface area contributed by atoms with Crippen molar-refractivity contribution in [2.24, 2.45) is 0 Å². The number of aliphatic hydroxyl groups is 1.